The van der Waals surface area contributed by atoms with Gasteiger partial charge in [-0.3, -0.25) is 0 Å². The highest BCUT2D eigenvalue weighted by atomic mass is 35.5. The molecule has 0 spiro atoms. The van der Waals surface area contributed by atoms with Crippen LogP contribution in [0.3, 0.4) is 0 Å². The van der Waals surface area contributed by atoms with Crippen molar-refractivity contribution in [2.75, 3.05) is 13.2 Å². The summed E-state index contributed by atoms with van der Waals surface area (Å²) in [6.07, 6.45) is 2.01. The summed E-state index contributed by atoms with van der Waals surface area (Å²) >= 11 is 5.83. The van der Waals surface area contributed by atoms with Gasteiger partial charge in [-0.25, -0.2) is 0 Å². The smallest absolute Gasteiger partial charge is 0.0518 e. The summed E-state index contributed by atoms with van der Waals surface area (Å²) in [5, 5.41) is 10.1. The Hall–Kier alpha value is -0.570. The SMILES string of the molecule is CC(C)OCCC(CO)Cc1ccc(Cl)cc1. The first-order valence-electron chi connectivity index (χ1n) is 6.08. The topological polar surface area (TPSA) is 29.5 Å². The van der Waals surface area contributed by atoms with Crippen LogP contribution >= 0.6 is 11.6 Å². The molecule has 0 saturated carbocycles. The van der Waals surface area contributed by atoms with Gasteiger partial charge in [0.2, 0.25) is 0 Å². The van der Waals surface area contributed by atoms with Crippen LogP contribution in [0.1, 0.15) is 25.8 Å². The molecule has 96 valence electrons. The van der Waals surface area contributed by atoms with Gasteiger partial charge < -0.3 is 9.84 Å². The lowest BCUT2D eigenvalue weighted by atomic mass is 9.97. The van der Waals surface area contributed by atoms with E-state index in [1.807, 2.05) is 38.1 Å². The van der Waals surface area contributed by atoms with E-state index in [1.54, 1.807) is 0 Å². The molecule has 1 aromatic rings. The standard InChI is InChI=1S/C14H21ClO2/c1-11(2)17-8-7-13(10-16)9-12-3-5-14(15)6-4-12/h3-6,11,13,16H,7-10H2,1-2H3. The third-order valence-corrected chi connectivity index (χ3v) is 2.93. The van der Waals surface area contributed by atoms with Gasteiger partial charge >= 0.3 is 0 Å². The Bertz CT molecular complexity index is 309. The molecule has 0 heterocycles. The van der Waals surface area contributed by atoms with Crippen LogP contribution in [-0.4, -0.2) is 24.4 Å². The van der Waals surface area contributed by atoms with E-state index in [2.05, 4.69) is 0 Å². The number of halogens is 1. The first-order valence-corrected chi connectivity index (χ1v) is 6.46. The highest BCUT2D eigenvalue weighted by Gasteiger charge is 2.09. The van der Waals surface area contributed by atoms with Crippen LogP contribution in [0.5, 0.6) is 0 Å². The third-order valence-electron chi connectivity index (χ3n) is 2.67. The van der Waals surface area contributed by atoms with Crippen molar-refractivity contribution in [3.8, 4) is 0 Å². The van der Waals surface area contributed by atoms with Crippen molar-refractivity contribution < 1.29 is 9.84 Å². The van der Waals surface area contributed by atoms with Crippen LogP contribution in [0, 0.1) is 5.92 Å². The third kappa shape index (κ3) is 6.06. The molecule has 0 aromatic heterocycles. The second-order valence-electron chi connectivity index (χ2n) is 4.59. The number of ether oxygens (including phenoxy) is 1. The number of rotatable bonds is 7. The van der Waals surface area contributed by atoms with Gasteiger partial charge in [0.05, 0.1) is 6.10 Å². The second kappa shape index (κ2) is 7.70. The van der Waals surface area contributed by atoms with Crippen LogP contribution in [-0.2, 0) is 11.2 Å². The van der Waals surface area contributed by atoms with Crippen molar-refractivity contribution in [2.24, 2.45) is 5.92 Å². The molecule has 0 radical (unpaired) electrons. The molecule has 1 atom stereocenters. The Balaban J connectivity index is 2.38. The first-order chi connectivity index (χ1) is 8.11. The summed E-state index contributed by atoms with van der Waals surface area (Å²) in [4.78, 5) is 0. The van der Waals surface area contributed by atoms with Crippen LogP contribution in [0.2, 0.25) is 5.02 Å². The predicted molar refractivity (Wildman–Crippen MR) is 71.4 cm³/mol. The second-order valence-corrected chi connectivity index (χ2v) is 5.02. The minimum Gasteiger partial charge on any atom is -0.396 e. The summed E-state index contributed by atoms with van der Waals surface area (Å²) in [7, 11) is 0. The molecule has 0 amide bonds. The van der Waals surface area contributed by atoms with E-state index in [-0.39, 0.29) is 18.6 Å². The zero-order valence-electron chi connectivity index (χ0n) is 10.5. The molecule has 3 heteroatoms. The van der Waals surface area contributed by atoms with E-state index < -0.39 is 0 Å². The van der Waals surface area contributed by atoms with Crippen molar-refractivity contribution in [1.82, 2.24) is 0 Å². The Labute approximate surface area is 109 Å². The quantitative estimate of drug-likeness (QED) is 0.811. The van der Waals surface area contributed by atoms with Gasteiger partial charge in [-0.05, 0) is 50.3 Å². The summed E-state index contributed by atoms with van der Waals surface area (Å²) in [6.45, 7) is 4.95. The lowest BCUT2D eigenvalue weighted by molar-refractivity contribution is 0.0612. The molecule has 1 N–H and O–H groups in total. The first kappa shape index (κ1) is 14.5. The monoisotopic (exact) mass is 256 g/mol. The lowest BCUT2D eigenvalue weighted by Crippen LogP contribution is -2.14. The van der Waals surface area contributed by atoms with Crippen LogP contribution in [0.15, 0.2) is 24.3 Å². The average molecular weight is 257 g/mol. The maximum Gasteiger partial charge on any atom is 0.0518 e. The Morgan fingerprint density at radius 1 is 1.24 bits per heavy atom. The van der Waals surface area contributed by atoms with Crippen molar-refractivity contribution in [2.45, 2.75) is 32.8 Å². The molecule has 0 aliphatic heterocycles. The van der Waals surface area contributed by atoms with Crippen molar-refractivity contribution in [1.29, 1.82) is 0 Å². The molecule has 0 aliphatic rings. The highest BCUT2D eigenvalue weighted by molar-refractivity contribution is 6.30. The van der Waals surface area contributed by atoms with Crippen molar-refractivity contribution in [3.63, 3.8) is 0 Å². The minimum atomic E-state index is 0.198. The largest absolute Gasteiger partial charge is 0.396 e. The number of aliphatic hydroxyl groups excluding tert-OH is 1. The Morgan fingerprint density at radius 3 is 2.41 bits per heavy atom. The van der Waals surface area contributed by atoms with E-state index in [9.17, 15) is 5.11 Å². The summed E-state index contributed by atoms with van der Waals surface area (Å²) in [5.74, 6) is 0.259. The molecule has 2 nitrogen and oxygen atoms in total. The summed E-state index contributed by atoms with van der Waals surface area (Å²) in [5.41, 5.74) is 1.21. The van der Waals surface area contributed by atoms with Crippen LogP contribution in [0.25, 0.3) is 0 Å². The Morgan fingerprint density at radius 2 is 1.88 bits per heavy atom. The van der Waals surface area contributed by atoms with Crippen molar-refractivity contribution >= 4 is 11.6 Å². The van der Waals surface area contributed by atoms with E-state index in [4.69, 9.17) is 16.3 Å². The molecule has 0 fully saturated rings. The molecule has 1 unspecified atom stereocenters. The minimum absolute atomic E-state index is 0.198. The maximum atomic E-state index is 9.33. The zero-order chi connectivity index (χ0) is 12.7. The lowest BCUT2D eigenvalue weighted by Gasteiger charge is -2.15. The van der Waals surface area contributed by atoms with E-state index in [0.29, 0.717) is 6.61 Å². The summed E-state index contributed by atoms with van der Waals surface area (Å²) in [6, 6.07) is 7.79. The average Bonchev–Trinajstić information content (AvgIpc) is 2.30. The molecule has 0 aliphatic carbocycles. The highest BCUT2D eigenvalue weighted by Crippen LogP contribution is 2.15. The van der Waals surface area contributed by atoms with E-state index in [1.165, 1.54) is 5.56 Å². The van der Waals surface area contributed by atoms with Crippen molar-refractivity contribution in [3.05, 3.63) is 34.9 Å². The van der Waals surface area contributed by atoms with E-state index >= 15 is 0 Å². The molecule has 1 rings (SSSR count). The van der Waals surface area contributed by atoms with Gasteiger partial charge in [-0.15, -0.1) is 0 Å². The fraction of sp³-hybridized carbons (Fsp3) is 0.571. The van der Waals surface area contributed by atoms with Gasteiger partial charge in [0.1, 0.15) is 0 Å². The molecular formula is C14H21ClO2. The summed E-state index contributed by atoms with van der Waals surface area (Å²) < 4.78 is 5.50. The van der Waals surface area contributed by atoms with Gasteiger partial charge in [0.25, 0.3) is 0 Å². The fourth-order valence-corrected chi connectivity index (χ4v) is 1.81. The normalized spacial score (nSPS) is 13.0. The molecule has 0 saturated heterocycles. The van der Waals surface area contributed by atoms with E-state index in [0.717, 1.165) is 17.9 Å². The fourth-order valence-electron chi connectivity index (χ4n) is 1.68. The number of aliphatic hydroxyl groups is 1. The Kier molecular flexibility index (Phi) is 6.56. The zero-order valence-corrected chi connectivity index (χ0v) is 11.3. The molecule has 17 heavy (non-hydrogen) atoms. The van der Waals surface area contributed by atoms with Crippen LogP contribution in [0.4, 0.5) is 0 Å². The van der Waals surface area contributed by atoms with Gasteiger partial charge in [0.15, 0.2) is 0 Å². The number of hydrogen-bond acceptors (Lipinski definition) is 2. The number of hydrogen-bond donors (Lipinski definition) is 1. The molecule has 1 aromatic carbocycles. The number of benzene rings is 1. The molecule has 0 bridgehead atoms. The maximum absolute atomic E-state index is 9.33. The van der Waals surface area contributed by atoms with Gasteiger partial charge in [-0.2, -0.15) is 0 Å². The van der Waals surface area contributed by atoms with Gasteiger partial charge in [-0.1, -0.05) is 23.7 Å². The predicted octanol–water partition coefficient (Wildman–Crippen LogP) is 3.31. The molecular weight excluding hydrogens is 236 g/mol. The van der Waals surface area contributed by atoms with Crippen LogP contribution < -0.4 is 0 Å². The van der Waals surface area contributed by atoms with Gasteiger partial charge in [0, 0.05) is 18.2 Å².